The van der Waals surface area contributed by atoms with E-state index in [0.717, 1.165) is 5.56 Å². The Morgan fingerprint density at radius 2 is 1.95 bits per heavy atom. The Kier molecular flexibility index (Phi) is 3.51. The smallest absolute Gasteiger partial charge is 0.205 e. The first kappa shape index (κ1) is 13.1. The van der Waals surface area contributed by atoms with Crippen LogP contribution in [0, 0.1) is 0 Å². The number of hydrogen-bond donors (Lipinski definition) is 0. The average molecular weight is 279 g/mol. The molecule has 0 saturated heterocycles. The molecule has 0 aliphatic carbocycles. The van der Waals surface area contributed by atoms with Crippen LogP contribution in [0.25, 0.3) is 17.1 Å². The molecule has 0 fully saturated rings. The zero-order chi connectivity index (χ0) is 14.7. The number of benzene rings is 1. The molecular weight excluding hydrogens is 266 g/mol. The first-order valence-corrected chi connectivity index (χ1v) is 6.63. The van der Waals surface area contributed by atoms with Crippen LogP contribution in [0.15, 0.2) is 48.7 Å². The van der Waals surface area contributed by atoms with E-state index >= 15 is 0 Å². The average Bonchev–Trinajstić information content (AvgIpc) is 3.05. The second-order valence-corrected chi connectivity index (χ2v) is 4.45. The van der Waals surface area contributed by atoms with E-state index in [1.807, 2.05) is 37.3 Å². The molecule has 0 aliphatic heterocycles. The van der Waals surface area contributed by atoms with Gasteiger partial charge in [-0.1, -0.05) is 37.3 Å². The van der Waals surface area contributed by atoms with E-state index in [0.29, 0.717) is 23.6 Å². The molecule has 21 heavy (non-hydrogen) atoms. The van der Waals surface area contributed by atoms with E-state index < -0.39 is 0 Å². The number of carbonyl (C=O) groups excluding carboxylic acids is 1. The predicted octanol–water partition coefficient (Wildman–Crippen LogP) is 2.32. The Morgan fingerprint density at radius 3 is 2.62 bits per heavy atom. The van der Waals surface area contributed by atoms with Crippen molar-refractivity contribution < 1.29 is 4.79 Å². The molecule has 0 spiro atoms. The summed E-state index contributed by atoms with van der Waals surface area (Å²) < 4.78 is 0. The highest BCUT2D eigenvalue weighted by molar-refractivity contribution is 5.93. The summed E-state index contributed by atoms with van der Waals surface area (Å²) in [6.45, 7) is 1.81. The van der Waals surface area contributed by atoms with E-state index in [2.05, 4.69) is 20.4 Å². The Morgan fingerprint density at radius 1 is 1.14 bits per heavy atom. The molecule has 0 atom stereocenters. The van der Waals surface area contributed by atoms with Crippen LogP contribution in [-0.2, 0) is 0 Å². The molecular formula is C15H13N5O. The van der Waals surface area contributed by atoms with Crippen LogP contribution in [0.5, 0.6) is 0 Å². The molecule has 3 rings (SSSR count). The van der Waals surface area contributed by atoms with Crippen molar-refractivity contribution in [2.75, 3.05) is 0 Å². The van der Waals surface area contributed by atoms with E-state index in [-0.39, 0.29) is 5.78 Å². The van der Waals surface area contributed by atoms with Crippen LogP contribution in [0.2, 0.25) is 0 Å². The van der Waals surface area contributed by atoms with E-state index in [1.165, 1.54) is 4.80 Å². The summed E-state index contributed by atoms with van der Waals surface area (Å²) in [5.74, 6) is 0.558. The fraction of sp³-hybridized carbons (Fsp3) is 0.133. The van der Waals surface area contributed by atoms with Crippen molar-refractivity contribution in [3.8, 4) is 17.1 Å². The van der Waals surface area contributed by atoms with Gasteiger partial charge in [0.2, 0.25) is 5.82 Å². The number of pyridine rings is 1. The SMILES string of the molecule is CCC(=O)c1ccc(-n2nnc(-c3ccccc3)n2)cn1. The minimum Gasteiger partial charge on any atom is -0.292 e. The molecule has 0 radical (unpaired) electrons. The Labute approximate surface area is 121 Å². The third-order valence-corrected chi connectivity index (χ3v) is 3.03. The number of rotatable bonds is 4. The Bertz CT molecular complexity index is 749. The fourth-order valence-electron chi connectivity index (χ4n) is 1.88. The van der Waals surface area contributed by atoms with Gasteiger partial charge in [-0.3, -0.25) is 9.78 Å². The van der Waals surface area contributed by atoms with Crippen LogP contribution in [-0.4, -0.2) is 31.0 Å². The first-order valence-electron chi connectivity index (χ1n) is 6.63. The minimum absolute atomic E-state index is 0.0121. The number of Topliss-reactive ketones (excluding diaryl/α,β-unsaturated/α-hetero) is 1. The number of hydrogen-bond acceptors (Lipinski definition) is 5. The number of carbonyl (C=O) groups is 1. The summed E-state index contributed by atoms with van der Waals surface area (Å²) in [6.07, 6.45) is 2.01. The predicted molar refractivity (Wildman–Crippen MR) is 77.0 cm³/mol. The van der Waals surface area contributed by atoms with Crippen molar-refractivity contribution in [3.05, 3.63) is 54.4 Å². The van der Waals surface area contributed by atoms with Crippen molar-refractivity contribution in [2.24, 2.45) is 0 Å². The van der Waals surface area contributed by atoms with E-state index in [4.69, 9.17) is 0 Å². The quantitative estimate of drug-likeness (QED) is 0.685. The van der Waals surface area contributed by atoms with Crippen LogP contribution < -0.4 is 0 Å². The Hall–Kier alpha value is -2.89. The molecule has 6 heteroatoms. The zero-order valence-electron chi connectivity index (χ0n) is 11.5. The van der Waals surface area contributed by atoms with Crippen LogP contribution in [0.3, 0.4) is 0 Å². The topological polar surface area (TPSA) is 73.6 Å². The third-order valence-electron chi connectivity index (χ3n) is 3.03. The van der Waals surface area contributed by atoms with E-state index in [1.54, 1.807) is 18.3 Å². The van der Waals surface area contributed by atoms with Gasteiger partial charge in [0, 0.05) is 12.0 Å². The van der Waals surface area contributed by atoms with Gasteiger partial charge in [-0.25, -0.2) is 0 Å². The maximum atomic E-state index is 11.5. The highest BCUT2D eigenvalue weighted by atomic mass is 16.1. The molecule has 0 N–H and O–H groups in total. The number of aromatic nitrogens is 5. The second kappa shape index (κ2) is 5.62. The van der Waals surface area contributed by atoms with Crippen molar-refractivity contribution in [3.63, 3.8) is 0 Å². The second-order valence-electron chi connectivity index (χ2n) is 4.45. The van der Waals surface area contributed by atoms with Gasteiger partial charge in [0.1, 0.15) is 11.4 Å². The molecule has 0 bridgehead atoms. The van der Waals surface area contributed by atoms with Crippen LogP contribution in [0.1, 0.15) is 23.8 Å². The van der Waals surface area contributed by atoms with Gasteiger partial charge in [-0.15, -0.1) is 15.0 Å². The van der Waals surface area contributed by atoms with Crippen molar-refractivity contribution in [2.45, 2.75) is 13.3 Å². The molecule has 0 aliphatic rings. The minimum atomic E-state index is 0.0121. The van der Waals surface area contributed by atoms with Crippen LogP contribution in [0.4, 0.5) is 0 Å². The summed E-state index contributed by atoms with van der Waals surface area (Å²) in [4.78, 5) is 17.1. The van der Waals surface area contributed by atoms with Crippen molar-refractivity contribution >= 4 is 5.78 Å². The van der Waals surface area contributed by atoms with Crippen molar-refractivity contribution in [1.29, 1.82) is 0 Å². The molecule has 0 unspecified atom stereocenters. The lowest BCUT2D eigenvalue weighted by atomic mass is 10.2. The standard InChI is InChI=1S/C15H13N5O/c1-2-14(21)13-9-8-12(10-16-13)20-18-15(17-19-20)11-6-4-3-5-7-11/h3-10H,2H2,1H3. The van der Waals surface area contributed by atoms with Gasteiger partial charge >= 0.3 is 0 Å². The molecule has 104 valence electrons. The maximum absolute atomic E-state index is 11.5. The number of nitrogens with zero attached hydrogens (tertiary/aromatic N) is 5. The highest BCUT2D eigenvalue weighted by Crippen LogP contribution is 2.13. The molecule has 2 aromatic heterocycles. The lowest BCUT2D eigenvalue weighted by molar-refractivity contribution is 0.0983. The normalized spacial score (nSPS) is 10.5. The van der Waals surface area contributed by atoms with E-state index in [9.17, 15) is 4.79 Å². The molecule has 2 heterocycles. The lowest BCUT2D eigenvalue weighted by Gasteiger charge is -1.99. The van der Waals surface area contributed by atoms with Gasteiger partial charge < -0.3 is 0 Å². The first-order chi connectivity index (χ1) is 10.3. The highest BCUT2D eigenvalue weighted by Gasteiger charge is 2.09. The third kappa shape index (κ3) is 2.69. The summed E-state index contributed by atoms with van der Waals surface area (Å²) in [5.41, 5.74) is 2.01. The maximum Gasteiger partial charge on any atom is 0.205 e. The Balaban J connectivity index is 1.88. The van der Waals surface area contributed by atoms with Crippen LogP contribution >= 0.6 is 0 Å². The summed E-state index contributed by atoms with van der Waals surface area (Å²) in [7, 11) is 0. The fourth-order valence-corrected chi connectivity index (χ4v) is 1.88. The lowest BCUT2D eigenvalue weighted by Crippen LogP contribution is -2.04. The summed E-state index contributed by atoms with van der Waals surface area (Å²) in [5, 5.41) is 12.3. The molecule has 0 saturated carbocycles. The summed E-state index contributed by atoms with van der Waals surface area (Å²) in [6, 6.07) is 13.0. The van der Waals surface area contributed by atoms with Gasteiger partial charge in [0.05, 0.1) is 6.20 Å². The molecule has 3 aromatic rings. The molecule has 6 nitrogen and oxygen atoms in total. The summed E-state index contributed by atoms with van der Waals surface area (Å²) >= 11 is 0. The molecule has 0 amide bonds. The molecule has 1 aromatic carbocycles. The largest absolute Gasteiger partial charge is 0.292 e. The van der Waals surface area contributed by atoms with Crippen molar-refractivity contribution in [1.82, 2.24) is 25.2 Å². The zero-order valence-corrected chi connectivity index (χ0v) is 11.5. The van der Waals surface area contributed by atoms with Gasteiger partial charge in [-0.05, 0) is 17.3 Å². The number of tetrazole rings is 1. The monoisotopic (exact) mass is 279 g/mol. The van der Waals surface area contributed by atoms with Gasteiger partial charge in [0.25, 0.3) is 0 Å². The number of ketones is 1. The van der Waals surface area contributed by atoms with Gasteiger partial charge in [0.15, 0.2) is 5.78 Å². The van der Waals surface area contributed by atoms with Gasteiger partial charge in [-0.2, -0.15) is 0 Å².